The topological polar surface area (TPSA) is 26.3 Å². The normalized spacial score (nSPS) is 16.8. The van der Waals surface area contributed by atoms with Gasteiger partial charge in [0, 0.05) is 0 Å². The molecule has 0 amide bonds. The second kappa shape index (κ2) is 6.13. The first-order valence-corrected chi connectivity index (χ1v) is 6.86. The Kier molecular flexibility index (Phi) is 5.89. The van der Waals surface area contributed by atoms with Gasteiger partial charge in [-0.3, -0.25) is 4.79 Å². The summed E-state index contributed by atoms with van der Waals surface area (Å²) in [6.45, 7) is 11.2. The van der Waals surface area contributed by atoms with Crippen LogP contribution in [0.25, 0.3) is 0 Å². The van der Waals surface area contributed by atoms with Gasteiger partial charge in [0.05, 0.1) is 5.41 Å². The first kappa shape index (κ1) is 20.2. The zero-order chi connectivity index (χ0) is 17.3. The molecule has 0 aliphatic carbocycles. The maximum absolute atomic E-state index is 12.9. The molecule has 0 aliphatic rings. The molecule has 2 nitrogen and oxygen atoms in total. The van der Waals surface area contributed by atoms with Gasteiger partial charge in [-0.05, 0) is 24.2 Å². The average Bonchev–Trinajstić information content (AvgIpc) is 2.21. The van der Waals surface area contributed by atoms with Gasteiger partial charge in [-0.15, -0.1) is 0 Å². The van der Waals surface area contributed by atoms with Gasteiger partial charge in [-0.25, -0.2) is 8.78 Å². The summed E-state index contributed by atoms with van der Waals surface area (Å²) in [5.74, 6) is -5.19. The van der Waals surface area contributed by atoms with Crippen molar-refractivity contribution in [3.8, 4) is 0 Å². The summed E-state index contributed by atoms with van der Waals surface area (Å²) in [5.41, 5.74) is -1.85. The molecular weight excluding hydrogens is 288 g/mol. The summed E-state index contributed by atoms with van der Waals surface area (Å²) < 4.78 is 54.6. The minimum Gasteiger partial charge on any atom is -0.459 e. The number of rotatable bonds is 5. The fraction of sp³-hybridized carbons (Fsp3) is 0.933. The Balaban J connectivity index is 5.18. The van der Waals surface area contributed by atoms with E-state index >= 15 is 0 Å². The maximum Gasteiger partial charge on any atom is 0.340 e. The van der Waals surface area contributed by atoms with Crippen LogP contribution >= 0.6 is 0 Å². The molecule has 0 heterocycles. The van der Waals surface area contributed by atoms with Crippen molar-refractivity contribution in [2.45, 2.75) is 67.2 Å². The van der Waals surface area contributed by atoms with E-state index in [4.69, 9.17) is 0 Å². The van der Waals surface area contributed by atoms with Crippen molar-refractivity contribution >= 4 is 5.97 Å². The maximum atomic E-state index is 12.9. The smallest absolute Gasteiger partial charge is 0.340 e. The quantitative estimate of drug-likeness (QED) is 0.532. The highest BCUT2D eigenvalue weighted by molar-refractivity contribution is 5.77. The van der Waals surface area contributed by atoms with E-state index in [1.54, 1.807) is 27.7 Å². The number of hydrogen-bond acceptors (Lipinski definition) is 2. The molecular formula is C15H26F4O2. The third-order valence-corrected chi connectivity index (χ3v) is 3.70. The molecule has 0 saturated carbocycles. The zero-order valence-corrected chi connectivity index (χ0v) is 13.8. The lowest BCUT2D eigenvalue weighted by Crippen LogP contribution is -2.46. The van der Waals surface area contributed by atoms with E-state index in [0.29, 0.717) is 6.42 Å². The summed E-state index contributed by atoms with van der Waals surface area (Å²) in [6, 6.07) is 0. The number of esters is 1. The van der Waals surface area contributed by atoms with Crippen LogP contribution < -0.4 is 0 Å². The number of alkyl halides is 4. The summed E-state index contributed by atoms with van der Waals surface area (Å²) in [7, 11) is 0. The Labute approximate surface area is 124 Å². The number of carbonyl (C=O) groups is 1. The molecule has 1 unspecified atom stereocenters. The van der Waals surface area contributed by atoms with Crippen LogP contribution in [0.5, 0.6) is 0 Å². The molecule has 0 aromatic heterocycles. The molecule has 0 spiro atoms. The van der Waals surface area contributed by atoms with Crippen molar-refractivity contribution in [3.05, 3.63) is 0 Å². The Hall–Kier alpha value is -0.810. The number of ether oxygens (including phenoxy) is 1. The fourth-order valence-electron chi connectivity index (χ4n) is 2.09. The molecule has 21 heavy (non-hydrogen) atoms. The highest BCUT2D eigenvalue weighted by atomic mass is 19.3. The van der Waals surface area contributed by atoms with Crippen LogP contribution in [0.4, 0.5) is 17.6 Å². The highest BCUT2D eigenvalue weighted by Gasteiger charge is 2.49. The summed E-state index contributed by atoms with van der Waals surface area (Å²) in [6.07, 6.45) is -3.46. The third kappa shape index (κ3) is 5.47. The molecule has 0 bridgehead atoms. The Morgan fingerprint density at radius 3 is 1.71 bits per heavy atom. The molecule has 0 aliphatic heterocycles. The number of carbonyl (C=O) groups excluding carboxylic acids is 1. The van der Waals surface area contributed by atoms with Crippen LogP contribution in [-0.2, 0) is 9.53 Å². The van der Waals surface area contributed by atoms with Crippen molar-refractivity contribution in [2.75, 3.05) is 6.61 Å². The van der Waals surface area contributed by atoms with Crippen molar-refractivity contribution in [3.63, 3.8) is 0 Å². The lowest BCUT2D eigenvalue weighted by Gasteiger charge is -2.43. The second-order valence-electron chi connectivity index (χ2n) is 7.96. The first-order chi connectivity index (χ1) is 9.03. The average molecular weight is 314 g/mol. The molecule has 0 aromatic carbocycles. The minimum absolute atomic E-state index is 0.244. The summed E-state index contributed by atoms with van der Waals surface area (Å²) in [4.78, 5) is 12.3. The van der Waals surface area contributed by atoms with Crippen LogP contribution in [0.1, 0.15) is 54.9 Å². The van der Waals surface area contributed by atoms with E-state index in [2.05, 4.69) is 4.74 Å². The van der Waals surface area contributed by atoms with Crippen LogP contribution in [0.2, 0.25) is 0 Å². The predicted molar refractivity (Wildman–Crippen MR) is 73.5 cm³/mol. The molecule has 0 N–H and O–H groups in total. The summed E-state index contributed by atoms with van der Waals surface area (Å²) >= 11 is 0. The second-order valence-corrected chi connectivity index (χ2v) is 7.96. The van der Waals surface area contributed by atoms with Crippen molar-refractivity contribution in [2.24, 2.45) is 16.2 Å². The van der Waals surface area contributed by atoms with Crippen LogP contribution in [0, 0.1) is 16.2 Å². The SMILES string of the molecule is CC(C)(C)CC(C)(C(=O)OCC(F)(F)C(F)F)C(C)(C)C. The first-order valence-electron chi connectivity index (χ1n) is 6.86. The Morgan fingerprint density at radius 2 is 1.43 bits per heavy atom. The Morgan fingerprint density at radius 1 is 1.00 bits per heavy atom. The van der Waals surface area contributed by atoms with E-state index < -0.39 is 35.8 Å². The molecule has 1 atom stereocenters. The van der Waals surface area contributed by atoms with Gasteiger partial charge < -0.3 is 4.74 Å². The summed E-state index contributed by atoms with van der Waals surface area (Å²) in [5, 5.41) is 0. The molecule has 0 rings (SSSR count). The van der Waals surface area contributed by atoms with E-state index in [0.717, 1.165) is 0 Å². The van der Waals surface area contributed by atoms with Gasteiger partial charge in [0.25, 0.3) is 0 Å². The number of halogens is 4. The van der Waals surface area contributed by atoms with E-state index in [-0.39, 0.29) is 5.41 Å². The van der Waals surface area contributed by atoms with Gasteiger partial charge in [0.2, 0.25) is 0 Å². The van der Waals surface area contributed by atoms with Gasteiger partial charge in [0.1, 0.15) is 0 Å². The van der Waals surface area contributed by atoms with Crippen molar-refractivity contribution in [1.29, 1.82) is 0 Å². The lowest BCUT2D eigenvalue weighted by molar-refractivity contribution is -0.192. The molecule has 126 valence electrons. The van der Waals surface area contributed by atoms with Gasteiger partial charge in [0.15, 0.2) is 6.61 Å². The fourth-order valence-corrected chi connectivity index (χ4v) is 2.09. The van der Waals surface area contributed by atoms with E-state index in [9.17, 15) is 22.4 Å². The highest BCUT2D eigenvalue weighted by Crippen LogP contribution is 2.47. The molecule has 6 heteroatoms. The van der Waals surface area contributed by atoms with E-state index in [1.807, 2.05) is 20.8 Å². The molecule has 0 aromatic rings. The van der Waals surface area contributed by atoms with Crippen LogP contribution in [0.15, 0.2) is 0 Å². The van der Waals surface area contributed by atoms with Crippen molar-refractivity contribution in [1.82, 2.24) is 0 Å². The molecule has 0 fully saturated rings. The standard InChI is InChI=1S/C15H26F4O2/c1-12(2,3)8-14(7,13(4,5)6)11(20)21-9-15(18,19)10(16)17/h10H,8-9H2,1-7H3. The van der Waals surface area contributed by atoms with Gasteiger partial charge in [-0.2, -0.15) is 8.78 Å². The molecule has 0 saturated heterocycles. The van der Waals surface area contributed by atoms with Crippen LogP contribution in [-0.4, -0.2) is 24.9 Å². The number of hydrogen-bond donors (Lipinski definition) is 0. The lowest BCUT2D eigenvalue weighted by atomic mass is 9.61. The van der Waals surface area contributed by atoms with Crippen LogP contribution in [0.3, 0.4) is 0 Å². The van der Waals surface area contributed by atoms with Gasteiger partial charge in [-0.1, -0.05) is 41.5 Å². The Bertz CT molecular complexity index is 367. The third-order valence-electron chi connectivity index (χ3n) is 3.70. The zero-order valence-electron chi connectivity index (χ0n) is 13.8. The molecule has 0 radical (unpaired) electrons. The van der Waals surface area contributed by atoms with Gasteiger partial charge >= 0.3 is 18.3 Å². The predicted octanol–water partition coefficient (Wildman–Crippen LogP) is 4.92. The largest absolute Gasteiger partial charge is 0.459 e. The van der Waals surface area contributed by atoms with Crippen molar-refractivity contribution < 1.29 is 27.1 Å². The van der Waals surface area contributed by atoms with E-state index in [1.165, 1.54) is 0 Å². The monoisotopic (exact) mass is 314 g/mol. The minimum atomic E-state index is -4.32.